The third kappa shape index (κ3) is 3.99. The van der Waals surface area contributed by atoms with Crippen LogP contribution in [-0.4, -0.2) is 22.9 Å². The minimum absolute atomic E-state index is 0.732. The highest BCUT2D eigenvalue weighted by molar-refractivity contribution is 7.93. The fraction of sp³-hybridized carbons (Fsp3) is 1.00. The van der Waals surface area contributed by atoms with Crippen LogP contribution >= 0.6 is 12.0 Å². The third-order valence-electron chi connectivity index (χ3n) is 2.23. The quantitative estimate of drug-likeness (QED) is 0.507. The molecule has 66 valence electrons. The van der Waals surface area contributed by atoms with Crippen LogP contribution in [-0.2, 0) is 0 Å². The van der Waals surface area contributed by atoms with Gasteiger partial charge in [0.25, 0.3) is 0 Å². The van der Waals surface area contributed by atoms with E-state index in [9.17, 15) is 0 Å². The molecule has 11 heavy (non-hydrogen) atoms. The molecule has 1 aliphatic carbocycles. The van der Waals surface area contributed by atoms with Crippen molar-refractivity contribution in [2.45, 2.75) is 38.1 Å². The van der Waals surface area contributed by atoms with Crippen molar-refractivity contribution in [1.82, 2.24) is 5.32 Å². The zero-order chi connectivity index (χ0) is 7.94. The van der Waals surface area contributed by atoms with Gasteiger partial charge in [-0.2, -0.15) is 0 Å². The zero-order valence-corrected chi connectivity index (χ0v) is 7.70. The highest BCUT2D eigenvalue weighted by Gasteiger charge is 2.11. The Hall–Kier alpha value is 0.270. The average molecular weight is 175 g/mol. The summed E-state index contributed by atoms with van der Waals surface area (Å²) in [5.74, 6) is 0.816. The summed E-state index contributed by atoms with van der Waals surface area (Å²) in [6.45, 7) is 0.950. The predicted molar refractivity (Wildman–Crippen MR) is 50.0 cm³/mol. The summed E-state index contributed by atoms with van der Waals surface area (Å²) in [5.41, 5.74) is 0. The molecule has 1 aliphatic rings. The Balaban J connectivity index is 1.96. The van der Waals surface area contributed by atoms with Gasteiger partial charge in [-0.25, -0.2) is 0 Å². The summed E-state index contributed by atoms with van der Waals surface area (Å²) in [4.78, 5) is 0. The molecule has 0 aromatic carbocycles. The first-order valence-corrected chi connectivity index (χ1v) is 5.37. The lowest BCUT2D eigenvalue weighted by Gasteiger charge is -2.22. The van der Waals surface area contributed by atoms with E-state index in [0.717, 1.165) is 30.4 Å². The third-order valence-corrected chi connectivity index (χ3v) is 2.62. The van der Waals surface area contributed by atoms with Gasteiger partial charge in [0.15, 0.2) is 0 Å². The van der Waals surface area contributed by atoms with Gasteiger partial charge in [-0.3, -0.25) is 0 Å². The van der Waals surface area contributed by atoms with E-state index in [2.05, 4.69) is 5.32 Å². The van der Waals surface area contributed by atoms with E-state index in [0.29, 0.717) is 0 Å². The number of hydrogen-bond acceptors (Lipinski definition) is 3. The van der Waals surface area contributed by atoms with Crippen LogP contribution in [0.25, 0.3) is 0 Å². The molecule has 0 atom stereocenters. The summed E-state index contributed by atoms with van der Waals surface area (Å²) in [5, 5.41) is 3.44. The Kier molecular flexibility index (Phi) is 4.99. The van der Waals surface area contributed by atoms with Gasteiger partial charge in [0.05, 0.1) is 0 Å². The van der Waals surface area contributed by atoms with Crippen molar-refractivity contribution in [3.05, 3.63) is 0 Å². The van der Waals surface area contributed by atoms with Crippen molar-refractivity contribution >= 4 is 12.0 Å². The Morgan fingerprint density at radius 2 is 2.00 bits per heavy atom. The molecule has 0 saturated heterocycles. The highest BCUT2D eigenvalue weighted by Crippen LogP contribution is 2.16. The molecule has 2 nitrogen and oxygen atoms in total. The normalized spacial score (nSPS) is 20.5. The average Bonchev–Trinajstić information content (AvgIpc) is 2.07. The molecule has 1 saturated carbocycles. The first-order chi connectivity index (χ1) is 5.43. The Bertz CT molecular complexity index is 94.1. The van der Waals surface area contributed by atoms with Crippen LogP contribution in [0.3, 0.4) is 0 Å². The molecule has 0 aromatic rings. The molecule has 0 spiro atoms. The van der Waals surface area contributed by atoms with Gasteiger partial charge < -0.3 is 9.87 Å². The second-order valence-corrected chi connectivity index (χ2v) is 3.79. The SMILES string of the molecule is OSCCNC1CCCCC1. The minimum Gasteiger partial charge on any atom is -0.330 e. The van der Waals surface area contributed by atoms with E-state index >= 15 is 0 Å². The Morgan fingerprint density at radius 1 is 1.27 bits per heavy atom. The second kappa shape index (κ2) is 5.86. The van der Waals surface area contributed by atoms with Crippen molar-refractivity contribution in [1.29, 1.82) is 0 Å². The Morgan fingerprint density at radius 3 is 2.64 bits per heavy atom. The maximum absolute atomic E-state index is 8.47. The lowest BCUT2D eigenvalue weighted by Crippen LogP contribution is -2.32. The lowest BCUT2D eigenvalue weighted by atomic mass is 9.96. The molecule has 3 heteroatoms. The number of nitrogens with one attached hydrogen (secondary N) is 1. The maximum atomic E-state index is 8.47. The van der Waals surface area contributed by atoms with Crippen LogP contribution in [0.15, 0.2) is 0 Å². The number of rotatable bonds is 4. The van der Waals surface area contributed by atoms with Crippen LogP contribution in [0.2, 0.25) is 0 Å². The van der Waals surface area contributed by atoms with Gasteiger partial charge in [-0.05, 0) is 24.9 Å². The summed E-state index contributed by atoms with van der Waals surface area (Å²) in [7, 11) is 0. The zero-order valence-electron chi connectivity index (χ0n) is 6.88. The first kappa shape index (κ1) is 9.36. The molecule has 0 aliphatic heterocycles. The Labute approximate surface area is 73.0 Å². The summed E-state index contributed by atoms with van der Waals surface area (Å²) < 4.78 is 8.47. The van der Waals surface area contributed by atoms with E-state index in [1.165, 1.54) is 32.1 Å². The predicted octanol–water partition coefficient (Wildman–Crippen LogP) is 2.11. The fourth-order valence-corrected chi connectivity index (χ4v) is 1.82. The molecule has 2 N–H and O–H groups in total. The van der Waals surface area contributed by atoms with E-state index < -0.39 is 0 Å². The van der Waals surface area contributed by atoms with Crippen molar-refractivity contribution < 1.29 is 4.55 Å². The highest BCUT2D eigenvalue weighted by atomic mass is 32.2. The van der Waals surface area contributed by atoms with Gasteiger partial charge >= 0.3 is 0 Å². The summed E-state index contributed by atoms with van der Waals surface area (Å²) in [6, 6.07) is 0.732. The standard InChI is InChI=1S/C8H17NOS/c10-11-7-6-9-8-4-2-1-3-5-8/h8-10H,1-7H2. The van der Waals surface area contributed by atoms with Crippen molar-refractivity contribution in [2.24, 2.45) is 0 Å². The summed E-state index contributed by atoms with van der Waals surface area (Å²) >= 11 is 0.928. The molecule has 0 bridgehead atoms. The van der Waals surface area contributed by atoms with Crippen molar-refractivity contribution in [3.8, 4) is 0 Å². The molecular formula is C8H17NOS. The van der Waals surface area contributed by atoms with Crippen LogP contribution in [0.5, 0.6) is 0 Å². The largest absolute Gasteiger partial charge is 0.330 e. The molecule has 0 heterocycles. The van der Waals surface area contributed by atoms with Crippen LogP contribution < -0.4 is 5.32 Å². The van der Waals surface area contributed by atoms with Gasteiger partial charge in [-0.15, -0.1) is 0 Å². The molecule has 0 unspecified atom stereocenters. The van der Waals surface area contributed by atoms with Gasteiger partial charge in [0, 0.05) is 18.3 Å². The smallest absolute Gasteiger partial charge is 0.0320 e. The van der Waals surface area contributed by atoms with E-state index in [4.69, 9.17) is 4.55 Å². The fourth-order valence-electron chi connectivity index (χ4n) is 1.62. The van der Waals surface area contributed by atoms with Gasteiger partial charge in [0.1, 0.15) is 0 Å². The topological polar surface area (TPSA) is 32.3 Å². The van der Waals surface area contributed by atoms with Crippen LogP contribution in [0, 0.1) is 0 Å². The van der Waals surface area contributed by atoms with Gasteiger partial charge in [-0.1, -0.05) is 19.3 Å². The maximum Gasteiger partial charge on any atom is 0.0320 e. The van der Waals surface area contributed by atoms with Gasteiger partial charge in [0.2, 0.25) is 0 Å². The lowest BCUT2D eigenvalue weighted by molar-refractivity contribution is 0.380. The van der Waals surface area contributed by atoms with Crippen LogP contribution in [0.1, 0.15) is 32.1 Å². The molecular weight excluding hydrogens is 158 g/mol. The van der Waals surface area contributed by atoms with Crippen LogP contribution in [0.4, 0.5) is 0 Å². The molecule has 1 fully saturated rings. The molecule has 0 radical (unpaired) electrons. The summed E-state index contributed by atoms with van der Waals surface area (Å²) in [6.07, 6.45) is 6.83. The van der Waals surface area contributed by atoms with E-state index in [1.807, 2.05) is 0 Å². The second-order valence-electron chi connectivity index (χ2n) is 3.12. The molecule has 0 amide bonds. The molecule has 0 aromatic heterocycles. The van der Waals surface area contributed by atoms with E-state index in [-0.39, 0.29) is 0 Å². The van der Waals surface area contributed by atoms with E-state index in [1.54, 1.807) is 0 Å². The monoisotopic (exact) mass is 175 g/mol. The number of hydrogen-bond donors (Lipinski definition) is 2. The minimum atomic E-state index is 0.732. The van der Waals surface area contributed by atoms with Crippen molar-refractivity contribution in [3.63, 3.8) is 0 Å². The molecule has 1 rings (SSSR count). The van der Waals surface area contributed by atoms with Crippen molar-refractivity contribution in [2.75, 3.05) is 12.3 Å². The first-order valence-electron chi connectivity index (χ1n) is 4.43.